The van der Waals surface area contributed by atoms with E-state index in [4.69, 9.17) is 14.5 Å². The van der Waals surface area contributed by atoms with Crippen LogP contribution in [-0.4, -0.2) is 22.1 Å². The Kier molecular flexibility index (Phi) is 6.08. The molecule has 0 amide bonds. The molecule has 5 aromatic rings. The van der Waals surface area contributed by atoms with Gasteiger partial charge in [-0.05, 0) is 61.0 Å². The third-order valence-corrected chi connectivity index (χ3v) is 5.56. The topological polar surface area (TPSA) is 53.4 Å². The maximum Gasteiger partial charge on any atom is 0.349 e. The minimum absolute atomic E-state index is 0.155. The molecule has 0 saturated heterocycles. The minimum atomic E-state index is -0.454. The third kappa shape index (κ3) is 4.84. The summed E-state index contributed by atoms with van der Waals surface area (Å²) in [5.74, 6) is 1.51. The molecule has 4 aromatic carbocycles. The molecule has 1 heterocycles. The molecule has 0 saturated carbocycles. The van der Waals surface area contributed by atoms with E-state index in [0.717, 1.165) is 28.0 Å². The highest BCUT2D eigenvalue weighted by Crippen LogP contribution is 2.27. The van der Waals surface area contributed by atoms with Gasteiger partial charge in [-0.3, -0.25) is 0 Å². The maximum absolute atomic E-state index is 12.2. The fraction of sp³-hybridized carbons (Fsp3) is 0.103. The Balaban J connectivity index is 1.33. The zero-order valence-corrected chi connectivity index (χ0v) is 18.8. The quantitative estimate of drug-likeness (QED) is 0.225. The molecule has 0 spiro atoms. The molecule has 0 aliphatic carbocycles. The summed E-state index contributed by atoms with van der Waals surface area (Å²) in [4.78, 5) is 17.1. The SMILES string of the molecule is Cc1ccc(OCC(=O)Oc2ccc(-c3nc4ccccc4n3Cc3ccccc3)cc2)cc1. The molecular weight excluding hydrogens is 424 g/mol. The van der Waals surface area contributed by atoms with Crippen LogP contribution in [0, 0.1) is 6.92 Å². The molecule has 0 atom stereocenters. The summed E-state index contributed by atoms with van der Waals surface area (Å²) in [6.45, 7) is 2.56. The summed E-state index contributed by atoms with van der Waals surface area (Å²) in [5, 5.41) is 0. The number of esters is 1. The van der Waals surface area contributed by atoms with Gasteiger partial charge in [0.15, 0.2) is 6.61 Å². The lowest BCUT2D eigenvalue weighted by molar-refractivity contribution is -0.136. The van der Waals surface area contributed by atoms with Crippen molar-refractivity contribution in [2.24, 2.45) is 0 Å². The molecule has 0 unspecified atom stereocenters. The average molecular weight is 449 g/mol. The Morgan fingerprint density at radius 2 is 1.47 bits per heavy atom. The maximum atomic E-state index is 12.2. The van der Waals surface area contributed by atoms with Gasteiger partial charge in [0.25, 0.3) is 0 Å². The first-order valence-corrected chi connectivity index (χ1v) is 11.2. The van der Waals surface area contributed by atoms with Crippen LogP contribution in [0.4, 0.5) is 0 Å². The van der Waals surface area contributed by atoms with Crippen molar-refractivity contribution in [3.8, 4) is 22.9 Å². The van der Waals surface area contributed by atoms with E-state index in [2.05, 4.69) is 22.8 Å². The van der Waals surface area contributed by atoms with Gasteiger partial charge in [0.05, 0.1) is 11.0 Å². The molecule has 0 bridgehead atoms. The van der Waals surface area contributed by atoms with E-state index in [1.807, 2.05) is 79.7 Å². The van der Waals surface area contributed by atoms with Crippen molar-refractivity contribution in [2.75, 3.05) is 6.61 Å². The monoisotopic (exact) mass is 448 g/mol. The molecular formula is C29H24N2O3. The number of para-hydroxylation sites is 2. The van der Waals surface area contributed by atoms with E-state index in [9.17, 15) is 4.79 Å². The van der Waals surface area contributed by atoms with Crippen LogP contribution in [0.5, 0.6) is 11.5 Å². The molecule has 0 aliphatic heterocycles. The van der Waals surface area contributed by atoms with Gasteiger partial charge in [-0.15, -0.1) is 0 Å². The largest absolute Gasteiger partial charge is 0.482 e. The van der Waals surface area contributed by atoms with Crippen LogP contribution in [0.2, 0.25) is 0 Å². The summed E-state index contributed by atoms with van der Waals surface area (Å²) in [6.07, 6.45) is 0. The van der Waals surface area contributed by atoms with Gasteiger partial charge >= 0.3 is 5.97 Å². The van der Waals surface area contributed by atoms with Crippen LogP contribution in [0.15, 0.2) is 103 Å². The normalized spacial score (nSPS) is 10.9. The summed E-state index contributed by atoms with van der Waals surface area (Å²) >= 11 is 0. The Labute approximate surface area is 198 Å². The van der Waals surface area contributed by atoms with Gasteiger partial charge in [0.2, 0.25) is 0 Å². The number of hydrogen-bond acceptors (Lipinski definition) is 4. The standard InChI is InChI=1S/C29H24N2O3/c1-21-11-15-24(16-12-21)33-20-28(32)34-25-17-13-23(14-18-25)29-30-26-9-5-6-10-27(26)31(29)19-22-7-3-2-4-8-22/h2-18H,19-20H2,1H3. The lowest BCUT2D eigenvalue weighted by atomic mass is 10.2. The fourth-order valence-corrected chi connectivity index (χ4v) is 3.83. The number of rotatable bonds is 7. The molecule has 1 aromatic heterocycles. The summed E-state index contributed by atoms with van der Waals surface area (Å²) in [6, 6.07) is 33.4. The van der Waals surface area contributed by atoms with E-state index in [-0.39, 0.29) is 6.61 Å². The number of aryl methyl sites for hydroxylation is 1. The van der Waals surface area contributed by atoms with Crippen LogP contribution < -0.4 is 9.47 Å². The van der Waals surface area contributed by atoms with Crippen LogP contribution in [-0.2, 0) is 11.3 Å². The number of carbonyl (C=O) groups is 1. The van der Waals surface area contributed by atoms with Crippen molar-refractivity contribution < 1.29 is 14.3 Å². The molecule has 34 heavy (non-hydrogen) atoms. The molecule has 0 N–H and O–H groups in total. The Morgan fingerprint density at radius 3 is 2.24 bits per heavy atom. The van der Waals surface area contributed by atoms with Crippen molar-refractivity contribution >= 4 is 17.0 Å². The second-order valence-electron chi connectivity index (χ2n) is 8.10. The number of ether oxygens (including phenoxy) is 2. The molecule has 0 aliphatic rings. The second-order valence-corrected chi connectivity index (χ2v) is 8.10. The fourth-order valence-electron chi connectivity index (χ4n) is 3.83. The Morgan fingerprint density at radius 1 is 0.794 bits per heavy atom. The van der Waals surface area contributed by atoms with Gasteiger partial charge in [0, 0.05) is 12.1 Å². The predicted octanol–water partition coefficient (Wildman–Crippen LogP) is 6.04. The summed E-state index contributed by atoms with van der Waals surface area (Å²) in [7, 11) is 0. The van der Waals surface area contributed by atoms with Crippen LogP contribution in [0.25, 0.3) is 22.4 Å². The molecule has 0 fully saturated rings. The minimum Gasteiger partial charge on any atom is -0.482 e. The average Bonchev–Trinajstić information content (AvgIpc) is 3.23. The van der Waals surface area contributed by atoms with E-state index in [0.29, 0.717) is 18.0 Å². The molecule has 5 nitrogen and oxygen atoms in total. The Bertz CT molecular complexity index is 1410. The van der Waals surface area contributed by atoms with Crippen molar-refractivity contribution in [3.05, 3.63) is 114 Å². The van der Waals surface area contributed by atoms with Crippen molar-refractivity contribution in [1.29, 1.82) is 0 Å². The first kappa shape index (κ1) is 21.5. The zero-order valence-electron chi connectivity index (χ0n) is 18.8. The number of hydrogen-bond donors (Lipinski definition) is 0. The molecule has 5 rings (SSSR count). The highest BCUT2D eigenvalue weighted by Gasteiger charge is 2.14. The number of nitrogens with zero attached hydrogens (tertiary/aromatic N) is 2. The predicted molar refractivity (Wildman–Crippen MR) is 133 cm³/mol. The van der Waals surface area contributed by atoms with E-state index in [1.165, 1.54) is 5.56 Å². The summed E-state index contributed by atoms with van der Waals surface area (Å²) in [5.41, 5.74) is 5.29. The third-order valence-electron chi connectivity index (χ3n) is 5.56. The number of fused-ring (bicyclic) bond motifs is 1. The summed E-state index contributed by atoms with van der Waals surface area (Å²) < 4.78 is 13.2. The van der Waals surface area contributed by atoms with Gasteiger partial charge in [-0.25, -0.2) is 9.78 Å². The van der Waals surface area contributed by atoms with Crippen molar-refractivity contribution in [3.63, 3.8) is 0 Å². The Hall–Kier alpha value is -4.38. The van der Waals surface area contributed by atoms with E-state index >= 15 is 0 Å². The van der Waals surface area contributed by atoms with Gasteiger partial charge in [-0.2, -0.15) is 0 Å². The van der Waals surface area contributed by atoms with Crippen molar-refractivity contribution in [2.45, 2.75) is 13.5 Å². The molecule has 168 valence electrons. The smallest absolute Gasteiger partial charge is 0.349 e. The van der Waals surface area contributed by atoms with E-state index in [1.54, 1.807) is 12.1 Å². The number of carbonyl (C=O) groups excluding carboxylic acids is 1. The van der Waals surface area contributed by atoms with Gasteiger partial charge in [-0.1, -0.05) is 60.2 Å². The number of imidazole rings is 1. The highest BCUT2D eigenvalue weighted by molar-refractivity contribution is 5.81. The second kappa shape index (κ2) is 9.63. The van der Waals surface area contributed by atoms with Crippen molar-refractivity contribution in [1.82, 2.24) is 9.55 Å². The van der Waals surface area contributed by atoms with Gasteiger partial charge in [0.1, 0.15) is 17.3 Å². The first-order chi connectivity index (χ1) is 16.7. The van der Waals surface area contributed by atoms with Gasteiger partial charge < -0.3 is 14.0 Å². The number of aromatic nitrogens is 2. The van der Waals surface area contributed by atoms with Crippen LogP contribution in [0.1, 0.15) is 11.1 Å². The highest BCUT2D eigenvalue weighted by atomic mass is 16.6. The van der Waals surface area contributed by atoms with Crippen LogP contribution >= 0.6 is 0 Å². The van der Waals surface area contributed by atoms with Crippen LogP contribution in [0.3, 0.4) is 0 Å². The zero-order chi connectivity index (χ0) is 23.3. The lowest BCUT2D eigenvalue weighted by Gasteiger charge is -2.11. The first-order valence-electron chi connectivity index (χ1n) is 11.2. The molecule has 0 radical (unpaired) electrons. The lowest BCUT2D eigenvalue weighted by Crippen LogP contribution is -2.17. The number of benzene rings is 4. The molecule has 5 heteroatoms. The van der Waals surface area contributed by atoms with E-state index < -0.39 is 5.97 Å².